The van der Waals surface area contributed by atoms with Gasteiger partial charge in [0.05, 0.1) is 16.6 Å². The van der Waals surface area contributed by atoms with Crippen LogP contribution in [0, 0.1) is 0 Å². The maximum atomic E-state index is 16.0. The minimum atomic E-state index is -3.36. The maximum absolute atomic E-state index is 16.0. The van der Waals surface area contributed by atoms with E-state index in [-0.39, 0.29) is 0 Å². The second-order valence-corrected chi connectivity index (χ2v) is 13.7. The minimum absolute atomic E-state index is 0.763. The number of aromatic nitrogens is 3. The SMILES string of the molecule is O=P(c1ccncc1)(c1ccc2ccccc2c1)c1cc2c3ccccc3n3c4ccccc4nc3c2c2ccccc12. The lowest BCUT2D eigenvalue weighted by molar-refractivity contribution is 0.592. The molecule has 43 heavy (non-hydrogen) atoms. The van der Waals surface area contributed by atoms with Crippen LogP contribution >= 0.6 is 7.14 Å². The van der Waals surface area contributed by atoms with Crippen LogP contribution in [0.3, 0.4) is 0 Å². The van der Waals surface area contributed by atoms with E-state index in [2.05, 4.69) is 100 Å². The summed E-state index contributed by atoms with van der Waals surface area (Å²) >= 11 is 0. The minimum Gasteiger partial charge on any atom is -0.309 e. The van der Waals surface area contributed by atoms with E-state index >= 15 is 4.57 Å². The van der Waals surface area contributed by atoms with Crippen molar-refractivity contribution >= 4 is 83.0 Å². The number of rotatable bonds is 3. The molecule has 0 fully saturated rings. The Morgan fingerprint density at radius 1 is 0.535 bits per heavy atom. The van der Waals surface area contributed by atoms with Crippen LogP contribution in [-0.4, -0.2) is 14.4 Å². The van der Waals surface area contributed by atoms with Crippen molar-refractivity contribution in [3.8, 4) is 0 Å². The molecule has 0 aliphatic rings. The predicted molar refractivity (Wildman–Crippen MR) is 180 cm³/mol. The fourth-order valence-corrected chi connectivity index (χ4v) is 9.62. The van der Waals surface area contributed by atoms with Crippen LogP contribution in [0.15, 0.2) is 146 Å². The van der Waals surface area contributed by atoms with Crippen LogP contribution in [0.2, 0.25) is 0 Å². The van der Waals surface area contributed by atoms with Crippen LogP contribution in [0.1, 0.15) is 0 Å². The van der Waals surface area contributed by atoms with Crippen LogP contribution < -0.4 is 15.9 Å². The monoisotopic (exact) mass is 569 g/mol. The van der Waals surface area contributed by atoms with Gasteiger partial charge in [0.15, 0.2) is 7.14 Å². The first-order valence-corrected chi connectivity index (χ1v) is 16.1. The Bertz CT molecular complexity index is 2610. The van der Waals surface area contributed by atoms with Crippen molar-refractivity contribution < 1.29 is 4.57 Å². The number of fused-ring (bicyclic) bond motifs is 11. The molecule has 9 rings (SSSR count). The molecule has 202 valence electrons. The molecule has 3 aromatic heterocycles. The van der Waals surface area contributed by atoms with E-state index in [9.17, 15) is 0 Å². The van der Waals surface area contributed by atoms with Gasteiger partial charge in [-0.2, -0.15) is 0 Å². The van der Waals surface area contributed by atoms with Crippen LogP contribution in [0.25, 0.3) is 59.9 Å². The Hall–Kier alpha value is -5.31. The highest BCUT2D eigenvalue weighted by Crippen LogP contribution is 2.47. The summed E-state index contributed by atoms with van der Waals surface area (Å²) in [5, 5.41) is 9.78. The molecule has 1 atom stereocenters. The van der Waals surface area contributed by atoms with Gasteiger partial charge in [0.1, 0.15) is 5.65 Å². The second-order valence-electron chi connectivity index (χ2n) is 11.0. The fraction of sp³-hybridized carbons (Fsp3) is 0. The molecule has 5 heteroatoms. The molecule has 1 unspecified atom stereocenters. The molecule has 0 amide bonds. The lowest BCUT2D eigenvalue weighted by atomic mass is 9.99. The molecule has 0 saturated carbocycles. The second kappa shape index (κ2) is 9.09. The number of benzene rings is 6. The molecule has 4 nitrogen and oxygen atoms in total. The molecular weight excluding hydrogens is 545 g/mol. The summed E-state index contributed by atoms with van der Waals surface area (Å²) < 4.78 is 18.3. The van der Waals surface area contributed by atoms with E-state index < -0.39 is 7.14 Å². The number of imidazole rings is 1. The van der Waals surface area contributed by atoms with Gasteiger partial charge in [-0.15, -0.1) is 0 Å². The first-order chi connectivity index (χ1) is 21.2. The fourth-order valence-electron chi connectivity index (χ4n) is 6.76. The Morgan fingerprint density at radius 2 is 1.21 bits per heavy atom. The zero-order valence-electron chi connectivity index (χ0n) is 23.1. The topological polar surface area (TPSA) is 47.3 Å². The summed E-state index contributed by atoms with van der Waals surface area (Å²) in [6.45, 7) is 0. The molecule has 0 saturated heterocycles. The van der Waals surface area contributed by atoms with Gasteiger partial charge in [-0.1, -0.05) is 91.0 Å². The molecule has 0 bridgehead atoms. The van der Waals surface area contributed by atoms with Crippen molar-refractivity contribution in [2.75, 3.05) is 0 Å². The van der Waals surface area contributed by atoms with Gasteiger partial charge < -0.3 is 4.57 Å². The molecular formula is C38H24N3OP. The van der Waals surface area contributed by atoms with E-state index in [0.717, 1.165) is 75.8 Å². The average Bonchev–Trinajstić information content (AvgIpc) is 3.47. The lowest BCUT2D eigenvalue weighted by Gasteiger charge is -2.23. The van der Waals surface area contributed by atoms with Crippen molar-refractivity contribution in [1.29, 1.82) is 0 Å². The highest BCUT2D eigenvalue weighted by Gasteiger charge is 2.33. The van der Waals surface area contributed by atoms with Gasteiger partial charge in [-0.05, 0) is 69.4 Å². The summed E-state index contributed by atoms with van der Waals surface area (Å²) in [7, 11) is -3.36. The van der Waals surface area contributed by atoms with Crippen molar-refractivity contribution in [3.05, 3.63) is 146 Å². The van der Waals surface area contributed by atoms with Gasteiger partial charge in [0.2, 0.25) is 0 Å². The zero-order chi connectivity index (χ0) is 28.5. The third-order valence-electron chi connectivity index (χ3n) is 8.70. The summed E-state index contributed by atoms with van der Waals surface area (Å²) in [6.07, 6.45) is 3.47. The molecule has 0 radical (unpaired) electrons. The number of hydrogen-bond donors (Lipinski definition) is 0. The number of hydrogen-bond acceptors (Lipinski definition) is 3. The first kappa shape index (κ1) is 24.3. The molecule has 0 aliphatic heterocycles. The van der Waals surface area contributed by atoms with Crippen molar-refractivity contribution in [2.24, 2.45) is 0 Å². The number of nitrogens with zero attached hydrogens (tertiary/aromatic N) is 3. The van der Waals surface area contributed by atoms with Crippen LogP contribution in [-0.2, 0) is 4.57 Å². The van der Waals surface area contributed by atoms with Gasteiger partial charge in [0.25, 0.3) is 0 Å². The van der Waals surface area contributed by atoms with Gasteiger partial charge >= 0.3 is 0 Å². The summed E-state index contributed by atoms with van der Waals surface area (Å²) in [5.41, 5.74) is 4.00. The highest BCUT2D eigenvalue weighted by molar-refractivity contribution is 7.85. The number of para-hydroxylation sites is 3. The normalized spacial score (nSPS) is 13.4. The Labute approximate surface area is 247 Å². The standard InChI is InChI=1S/C38H24N3OP/c42-43(27-19-21-39-22-20-27,28-18-17-25-9-1-2-10-26(25)23-28)36-24-32-29-11-5-7-15-34(29)41-35-16-8-6-14-33(35)40-38(41)37(32)31-13-4-3-12-30(31)36/h1-24H. The zero-order valence-corrected chi connectivity index (χ0v) is 23.9. The third kappa shape index (κ3) is 3.42. The third-order valence-corrected chi connectivity index (χ3v) is 11.8. The number of pyridine rings is 2. The molecule has 6 aromatic carbocycles. The largest absolute Gasteiger partial charge is 0.309 e. The van der Waals surface area contributed by atoms with E-state index in [1.807, 2.05) is 42.5 Å². The molecule has 9 aromatic rings. The van der Waals surface area contributed by atoms with E-state index in [1.54, 1.807) is 12.4 Å². The Morgan fingerprint density at radius 3 is 2.05 bits per heavy atom. The van der Waals surface area contributed by atoms with E-state index in [1.165, 1.54) is 0 Å². The molecule has 3 heterocycles. The predicted octanol–water partition coefficient (Wildman–Crippen LogP) is 8.13. The molecule has 0 spiro atoms. The van der Waals surface area contributed by atoms with E-state index in [4.69, 9.17) is 4.98 Å². The summed E-state index contributed by atoms with van der Waals surface area (Å²) in [6, 6.07) is 45.5. The van der Waals surface area contributed by atoms with Crippen LogP contribution in [0.5, 0.6) is 0 Å². The quantitative estimate of drug-likeness (QED) is 0.159. The van der Waals surface area contributed by atoms with Crippen LogP contribution in [0.4, 0.5) is 0 Å². The highest BCUT2D eigenvalue weighted by atomic mass is 31.2. The molecule has 0 aliphatic carbocycles. The lowest BCUT2D eigenvalue weighted by Crippen LogP contribution is -2.26. The van der Waals surface area contributed by atoms with Gasteiger partial charge in [-0.25, -0.2) is 4.98 Å². The average molecular weight is 570 g/mol. The van der Waals surface area contributed by atoms with Gasteiger partial charge in [0, 0.05) is 39.1 Å². The van der Waals surface area contributed by atoms with Gasteiger partial charge in [-0.3, -0.25) is 9.38 Å². The molecule has 0 N–H and O–H groups in total. The summed E-state index contributed by atoms with van der Waals surface area (Å²) in [4.78, 5) is 9.44. The Kier molecular flexibility index (Phi) is 5.14. The first-order valence-electron chi connectivity index (χ1n) is 14.4. The Balaban J connectivity index is 1.50. The van der Waals surface area contributed by atoms with Crippen molar-refractivity contribution in [2.45, 2.75) is 0 Å². The smallest absolute Gasteiger partial charge is 0.171 e. The summed E-state index contributed by atoms with van der Waals surface area (Å²) in [5.74, 6) is 0. The van der Waals surface area contributed by atoms with E-state index in [0.29, 0.717) is 0 Å². The van der Waals surface area contributed by atoms with Crippen molar-refractivity contribution in [1.82, 2.24) is 14.4 Å². The maximum Gasteiger partial charge on any atom is 0.171 e. The van der Waals surface area contributed by atoms with Crippen molar-refractivity contribution in [3.63, 3.8) is 0 Å².